The van der Waals surface area contributed by atoms with Crippen molar-refractivity contribution in [3.05, 3.63) is 41.9 Å². The van der Waals surface area contributed by atoms with Crippen LogP contribution >= 0.6 is 0 Å². The maximum Gasteiger partial charge on any atom is 0.257 e. The molecule has 10 heteroatoms. The molecule has 148 valence electrons. The number of oxazole rings is 1. The summed E-state index contributed by atoms with van der Waals surface area (Å²) in [6.45, 7) is 2.64. The summed E-state index contributed by atoms with van der Waals surface area (Å²) in [7, 11) is 1.78. The first-order chi connectivity index (χ1) is 14.1. The fourth-order valence-electron chi connectivity index (χ4n) is 3.40. The van der Waals surface area contributed by atoms with E-state index in [2.05, 4.69) is 31.0 Å². The van der Waals surface area contributed by atoms with E-state index in [1.165, 1.54) is 12.6 Å². The summed E-state index contributed by atoms with van der Waals surface area (Å²) in [6.07, 6.45) is 2.92. The van der Waals surface area contributed by atoms with Crippen LogP contribution in [0.2, 0.25) is 0 Å². The van der Waals surface area contributed by atoms with E-state index in [0.29, 0.717) is 47.3 Å². The number of ether oxygens (including phenoxy) is 1. The third kappa shape index (κ3) is 3.03. The maximum absolute atomic E-state index is 12.8. The zero-order valence-electron chi connectivity index (χ0n) is 15.9. The Hall–Kier alpha value is -3.66. The quantitative estimate of drug-likeness (QED) is 0.451. The number of rotatable bonds is 1. The maximum atomic E-state index is 12.8. The summed E-state index contributed by atoms with van der Waals surface area (Å²) < 4.78 is 12.9. The highest BCUT2D eigenvalue weighted by Crippen LogP contribution is 2.29. The molecule has 4 heterocycles. The standard InChI is InChI=1S/C19H19N7O3/c1-10-7-28-8-11-3-13-17(29-9-21-13)14(4-11)24-15-5-16(20-2)26-18(25-15)12(6-22-26)19(27)23-10/h3-6,9-10,20H,7-8H2,1-2H3,(H,23,27)(H,24,25)/t10-/m1/s1. The summed E-state index contributed by atoms with van der Waals surface area (Å²) >= 11 is 0. The van der Waals surface area contributed by atoms with Crippen LogP contribution in [0.15, 0.2) is 35.2 Å². The Balaban J connectivity index is 1.71. The summed E-state index contributed by atoms with van der Waals surface area (Å²) in [5.74, 6) is 0.971. The Labute approximate surface area is 165 Å². The lowest BCUT2D eigenvalue weighted by Crippen LogP contribution is -2.35. The van der Waals surface area contributed by atoms with Crippen LogP contribution in [0, 0.1) is 0 Å². The van der Waals surface area contributed by atoms with Gasteiger partial charge in [-0.05, 0) is 24.6 Å². The molecule has 10 nitrogen and oxygen atoms in total. The molecule has 1 aromatic carbocycles. The molecule has 1 aliphatic rings. The number of carbonyl (C=O) groups is 1. The van der Waals surface area contributed by atoms with Crippen LogP contribution in [0.3, 0.4) is 0 Å². The summed E-state index contributed by atoms with van der Waals surface area (Å²) in [6, 6.07) is 5.50. The largest absolute Gasteiger partial charge is 0.441 e. The van der Waals surface area contributed by atoms with E-state index in [0.717, 1.165) is 11.1 Å². The molecule has 0 unspecified atom stereocenters. The van der Waals surface area contributed by atoms with Gasteiger partial charge in [0.25, 0.3) is 5.91 Å². The first-order valence-corrected chi connectivity index (χ1v) is 9.20. The zero-order valence-corrected chi connectivity index (χ0v) is 15.9. The number of hydrogen-bond acceptors (Lipinski definition) is 8. The van der Waals surface area contributed by atoms with Gasteiger partial charge >= 0.3 is 0 Å². The molecule has 0 spiro atoms. The minimum atomic E-state index is -0.254. The Kier molecular flexibility index (Phi) is 4.06. The average molecular weight is 393 g/mol. The number of anilines is 3. The van der Waals surface area contributed by atoms with Crippen LogP contribution < -0.4 is 16.0 Å². The van der Waals surface area contributed by atoms with Crippen LogP contribution in [0.5, 0.6) is 0 Å². The lowest BCUT2D eigenvalue weighted by atomic mass is 10.2. The Morgan fingerprint density at radius 2 is 2.21 bits per heavy atom. The van der Waals surface area contributed by atoms with Crippen LogP contribution in [0.25, 0.3) is 16.7 Å². The lowest BCUT2D eigenvalue weighted by molar-refractivity contribution is 0.0822. The highest BCUT2D eigenvalue weighted by molar-refractivity contribution is 6.00. The lowest BCUT2D eigenvalue weighted by Gasteiger charge is -2.16. The molecule has 0 saturated heterocycles. The van der Waals surface area contributed by atoms with E-state index in [1.54, 1.807) is 11.6 Å². The van der Waals surface area contributed by atoms with Gasteiger partial charge < -0.3 is 25.1 Å². The van der Waals surface area contributed by atoms with Gasteiger partial charge in [0.15, 0.2) is 17.6 Å². The number of aromatic nitrogens is 4. The highest BCUT2D eigenvalue weighted by Gasteiger charge is 2.20. The van der Waals surface area contributed by atoms with Gasteiger partial charge in [-0.1, -0.05) is 0 Å². The van der Waals surface area contributed by atoms with Crippen molar-refractivity contribution in [3.63, 3.8) is 0 Å². The molecule has 5 rings (SSSR count). The van der Waals surface area contributed by atoms with Gasteiger partial charge in [-0.3, -0.25) is 4.79 Å². The fourth-order valence-corrected chi connectivity index (χ4v) is 3.40. The SMILES string of the molecule is CNc1cc2nc3c(cnn13)C(=O)N[C@H](C)COCc1cc(c3ocnc3c1)N2. The van der Waals surface area contributed by atoms with E-state index in [-0.39, 0.29) is 11.9 Å². The summed E-state index contributed by atoms with van der Waals surface area (Å²) in [4.78, 5) is 21.7. The predicted octanol–water partition coefficient (Wildman–Crippen LogP) is 2.30. The smallest absolute Gasteiger partial charge is 0.257 e. The number of amides is 1. The summed E-state index contributed by atoms with van der Waals surface area (Å²) in [5.41, 5.74) is 3.81. The summed E-state index contributed by atoms with van der Waals surface area (Å²) in [5, 5.41) is 13.6. The molecule has 3 N–H and O–H groups in total. The van der Waals surface area contributed by atoms with E-state index >= 15 is 0 Å². The van der Waals surface area contributed by atoms with Crippen molar-refractivity contribution in [1.82, 2.24) is 24.9 Å². The van der Waals surface area contributed by atoms with Crippen LogP contribution in [-0.2, 0) is 11.3 Å². The van der Waals surface area contributed by atoms with Gasteiger partial charge in [-0.15, -0.1) is 0 Å². The van der Waals surface area contributed by atoms with E-state index in [9.17, 15) is 4.79 Å². The minimum Gasteiger partial charge on any atom is -0.441 e. The number of fused-ring (bicyclic) bond motifs is 5. The van der Waals surface area contributed by atoms with Crippen LogP contribution in [0.1, 0.15) is 22.8 Å². The van der Waals surface area contributed by atoms with Gasteiger partial charge in [0.2, 0.25) is 0 Å². The Morgan fingerprint density at radius 1 is 1.31 bits per heavy atom. The van der Waals surface area contributed by atoms with Crippen molar-refractivity contribution in [1.29, 1.82) is 0 Å². The number of benzene rings is 1. The monoisotopic (exact) mass is 393 g/mol. The van der Waals surface area contributed by atoms with Crippen molar-refractivity contribution in [2.24, 2.45) is 0 Å². The zero-order chi connectivity index (χ0) is 20.0. The fraction of sp³-hybridized carbons (Fsp3) is 0.263. The number of hydrogen-bond donors (Lipinski definition) is 3. The van der Waals surface area contributed by atoms with E-state index in [4.69, 9.17) is 9.15 Å². The predicted molar refractivity (Wildman–Crippen MR) is 106 cm³/mol. The first-order valence-electron chi connectivity index (χ1n) is 9.20. The topological polar surface area (TPSA) is 119 Å². The second-order valence-corrected chi connectivity index (χ2v) is 6.93. The Morgan fingerprint density at radius 3 is 3.07 bits per heavy atom. The number of nitrogens with zero attached hydrogens (tertiary/aromatic N) is 4. The molecule has 0 fully saturated rings. The normalized spacial score (nSPS) is 17.2. The van der Waals surface area contributed by atoms with E-state index < -0.39 is 0 Å². The number of carbonyl (C=O) groups excluding carboxylic acids is 1. The van der Waals surface area contributed by atoms with Crippen molar-refractivity contribution >= 4 is 40.0 Å². The Bertz CT molecular complexity index is 1230. The molecule has 4 bridgehead atoms. The molecule has 1 aliphatic heterocycles. The number of nitrogens with one attached hydrogen (secondary N) is 3. The molecule has 0 radical (unpaired) electrons. The van der Waals surface area contributed by atoms with E-state index in [1.807, 2.05) is 25.1 Å². The average Bonchev–Trinajstić information content (AvgIpc) is 3.33. The van der Waals surface area contributed by atoms with Crippen molar-refractivity contribution in [3.8, 4) is 0 Å². The third-order valence-corrected chi connectivity index (χ3v) is 4.74. The van der Waals surface area contributed by atoms with Crippen LogP contribution in [-0.4, -0.2) is 45.2 Å². The van der Waals surface area contributed by atoms with Crippen molar-refractivity contribution < 1.29 is 13.9 Å². The molecule has 4 aromatic rings. The second kappa shape index (κ2) is 6.74. The van der Waals surface area contributed by atoms with Crippen molar-refractivity contribution in [2.45, 2.75) is 19.6 Å². The minimum absolute atomic E-state index is 0.180. The molecule has 0 aliphatic carbocycles. The molecule has 3 aromatic heterocycles. The molecule has 1 amide bonds. The van der Waals surface area contributed by atoms with Gasteiger partial charge in [0.05, 0.1) is 25.1 Å². The molecular formula is C19H19N7O3. The molecular weight excluding hydrogens is 374 g/mol. The van der Waals surface area contributed by atoms with Crippen LogP contribution in [0.4, 0.5) is 17.3 Å². The molecule has 29 heavy (non-hydrogen) atoms. The molecule has 0 saturated carbocycles. The van der Waals surface area contributed by atoms with Crippen molar-refractivity contribution in [2.75, 3.05) is 24.3 Å². The van der Waals surface area contributed by atoms with Gasteiger partial charge in [0.1, 0.15) is 22.7 Å². The molecule has 1 atom stereocenters. The first kappa shape index (κ1) is 17.4. The van der Waals surface area contributed by atoms with Gasteiger partial charge in [-0.25, -0.2) is 9.97 Å². The van der Waals surface area contributed by atoms with Gasteiger partial charge in [-0.2, -0.15) is 9.61 Å². The van der Waals surface area contributed by atoms with Gasteiger partial charge in [0, 0.05) is 19.2 Å². The third-order valence-electron chi connectivity index (χ3n) is 4.74. The highest BCUT2D eigenvalue weighted by atomic mass is 16.5. The second-order valence-electron chi connectivity index (χ2n) is 6.93.